The molecule has 1 aromatic rings. The van der Waals surface area contributed by atoms with Gasteiger partial charge in [0.15, 0.2) is 0 Å². The van der Waals surface area contributed by atoms with Crippen LogP contribution >= 0.6 is 0 Å². The smallest absolute Gasteiger partial charge is 0.280 e. The predicted molar refractivity (Wildman–Crippen MR) is 65.8 cm³/mol. The molecule has 1 fully saturated rings. The van der Waals surface area contributed by atoms with E-state index in [1.54, 1.807) is 6.20 Å². The lowest BCUT2D eigenvalue weighted by molar-refractivity contribution is 0.154. The van der Waals surface area contributed by atoms with Crippen molar-refractivity contribution in [2.45, 2.75) is 31.8 Å². The van der Waals surface area contributed by atoms with Gasteiger partial charge in [-0.3, -0.25) is 0 Å². The molecule has 0 aliphatic carbocycles. The fourth-order valence-corrected chi connectivity index (χ4v) is 3.54. The van der Waals surface area contributed by atoms with Crippen molar-refractivity contribution in [3.05, 3.63) is 18.2 Å². The Labute approximate surface area is 106 Å². The Kier molecular flexibility index (Phi) is 4.33. The van der Waals surface area contributed by atoms with Crippen molar-refractivity contribution in [3.8, 4) is 0 Å². The number of aromatic nitrogens is 2. The van der Waals surface area contributed by atoms with E-state index in [4.69, 9.17) is 0 Å². The molecule has 2 rings (SSSR count). The van der Waals surface area contributed by atoms with Crippen molar-refractivity contribution < 1.29 is 13.5 Å². The van der Waals surface area contributed by atoms with Gasteiger partial charge in [-0.1, -0.05) is 6.42 Å². The van der Waals surface area contributed by atoms with Gasteiger partial charge in [0.25, 0.3) is 10.2 Å². The second-order valence-electron chi connectivity index (χ2n) is 4.35. The Morgan fingerprint density at radius 1 is 1.56 bits per heavy atom. The van der Waals surface area contributed by atoms with Gasteiger partial charge in [0.05, 0.1) is 19.5 Å². The lowest BCUT2D eigenvalue weighted by Crippen LogP contribution is -2.50. The monoisotopic (exact) mass is 274 g/mol. The highest BCUT2D eigenvalue weighted by Gasteiger charge is 2.31. The molecule has 0 radical (unpaired) electrons. The van der Waals surface area contributed by atoms with Gasteiger partial charge in [-0.15, -0.1) is 0 Å². The summed E-state index contributed by atoms with van der Waals surface area (Å²) in [6.07, 6.45) is 5.57. The van der Waals surface area contributed by atoms with E-state index >= 15 is 0 Å². The summed E-state index contributed by atoms with van der Waals surface area (Å²) >= 11 is 0. The minimum absolute atomic E-state index is 0.134. The molecule has 0 aromatic carbocycles. The van der Waals surface area contributed by atoms with Crippen LogP contribution in [0.3, 0.4) is 0 Å². The van der Waals surface area contributed by atoms with E-state index in [0.717, 1.165) is 12.8 Å². The Morgan fingerprint density at radius 3 is 3.06 bits per heavy atom. The first-order chi connectivity index (χ1) is 8.63. The van der Waals surface area contributed by atoms with Gasteiger partial charge in [-0.2, -0.15) is 17.4 Å². The molecular weight excluding hydrogens is 256 g/mol. The lowest BCUT2D eigenvalue weighted by atomic mass is 10.1. The Morgan fingerprint density at radius 2 is 2.39 bits per heavy atom. The topological polar surface area (TPSA) is 98.3 Å². The first-order valence-electron chi connectivity index (χ1n) is 5.98. The van der Waals surface area contributed by atoms with Crippen molar-refractivity contribution in [1.29, 1.82) is 0 Å². The van der Waals surface area contributed by atoms with Crippen LogP contribution in [0, 0.1) is 0 Å². The molecule has 3 N–H and O–H groups in total. The van der Waals surface area contributed by atoms with Gasteiger partial charge in [0, 0.05) is 24.5 Å². The third kappa shape index (κ3) is 3.08. The number of nitrogens with one attached hydrogen (secondary N) is 2. The number of nitrogens with zero attached hydrogens (tertiary/aromatic N) is 2. The molecule has 0 bridgehead atoms. The minimum Gasteiger partial charge on any atom is -0.395 e. The van der Waals surface area contributed by atoms with E-state index < -0.39 is 10.2 Å². The summed E-state index contributed by atoms with van der Waals surface area (Å²) < 4.78 is 28.1. The summed E-state index contributed by atoms with van der Waals surface area (Å²) in [6.45, 7) is 0.505. The predicted octanol–water partition coefficient (Wildman–Crippen LogP) is -0.409. The molecule has 1 aromatic heterocycles. The Hall–Kier alpha value is -0.960. The van der Waals surface area contributed by atoms with Crippen LogP contribution in [-0.4, -0.2) is 47.0 Å². The third-order valence-corrected chi connectivity index (χ3v) is 4.70. The maximum atomic E-state index is 12.1. The standard InChI is InChI=1S/C10H18N4O3S/c15-7-10-3-1-2-4-14(10)18(16,17)13-6-9-5-11-8-12-9/h5,8,10,13,15H,1-4,6-7H2,(H,11,12). The van der Waals surface area contributed by atoms with Crippen LogP contribution in [-0.2, 0) is 16.8 Å². The maximum absolute atomic E-state index is 12.1. The average Bonchev–Trinajstić information content (AvgIpc) is 2.89. The number of H-pyrrole nitrogens is 1. The van der Waals surface area contributed by atoms with Crippen LogP contribution in [0.15, 0.2) is 12.5 Å². The first kappa shape index (κ1) is 13.5. The molecule has 2 heterocycles. The number of piperidine rings is 1. The fourth-order valence-electron chi connectivity index (χ4n) is 2.11. The van der Waals surface area contributed by atoms with E-state index in [1.165, 1.54) is 10.6 Å². The molecule has 0 amide bonds. The number of imidazole rings is 1. The molecule has 8 heteroatoms. The van der Waals surface area contributed by atoms with E-state index in [9.17, 15) is 13.5 Å². The SMILES string of the molecule is O=S(=O)(NCc1cnc[nH]1)N1CCCCC1CO. The highest BCUT2D eigenvalue weighted by Crippen LogP contribution is 2.19. The molecule has 0 spiro atoms. The number of aliphatic hydroxyl groups is 1. The van der Waals surface area contributed by atoms with Gasteiger partial charge in [0.1, 0.15) is 0 Å². The average molecular weight is 274 g/mol. The molecule has 0 saturated carbocycles. The highest BCUT2D eigenvalue weighted by atomic mass is 32.2. The Bertz CT molecular complexity index is 459. The summed E-state index contributed by atoms with van der Waals surface area (Å²) in [4.78, 5) is 6.65. The van der Waals surface area contributed by atoms with Crippen LogP contribution in [0.4, 0.5) is 0 Å². The zero-order valence-corrected chi connectivity index (χ0v) is 10.9. The number of aromatic amines is 1. The van der Waals surface area contributed by atoms with Crippen molar-refractivity contribution in [3.63, 3.8) is 0 Å². The van der Waals surface area contributed by atoms with Crippen LogP contribution < -0.4 is 4.72 Å². The molecular formula is C10H18N4O3S. The lowest BCUT2D eigenvalue weighted by Gasteiger charge is -2.33. The minimum atomic E-state index is -3.55. The molecule has 102 valence electrons. The van der Waals surface area contributed by atoms with Crippen molar-refractivity contribution >= 4 is 10.2 Å². The van der Waals surface area contributed by atoms with Gasteiger partial charge in [-0.25, -0.2) is 4.98 Å². The number of rotatable bonds is 5. The summed E-state index contributed by atoms with van der Waals surface area (Å²) in [7, 11) is -3.55. The first-order valence-corrected chi connectivity index (χ1v) is 7.42. The van der Waals surface area contributed by atoms with Gasteiger partial charge < -0.3 is 10.1 Å². The maximum Gasteiger partial charge on any atom is 0.280 e. The quantitative estimate of drug-likeness (QED) is 0.680. The van der Waals surface area contributed by atoms with E-state index in [-0.39, 0.29) is 19.2 Å². The van der Waals surface area contributed by atoms with Crippen molar-refractivity contribution in [2.75, 3.05) is 13.2 Å². The highest BCUT2D eigenvalue weighted by molar-refractivity contribution is 7.87. The molecule has 7 nitrogen and oxygen atoms in total. The number of aliphatic hydroxyl groups excluding tert-OH is 1. The Balaban J connectivity index is 2.00. The van der Waals surface area contributed by atoms with E-state index in [0.29, 0.717) is 18.7 Å². The molecule has 18 heavy (non-hydrogen) atoms. The number of hydrogen-bond donors (Lipinski definition) is 3. The molecule has 1 aliphatic heterocycles. The summed E-state index contributed by atoms with van der Waals surface area (Å²) in [5, 5.41) is 9.23. The van der Waals surface area contributed by atoms with Crippen LogP contribution in [0.5, 0.6) is 0 Å². The fraction of sp³-hybridized carbons (Fsp3) is 0.700. The third-order valence-electron chi connectivity index (χ3n) is 3.09. The van der Waals surface area contributed by atoms with E-state index in [1.807, 2.05) is 0 Å². The molecule has 1 unspecified atom stereocenters. The van der Waals surface area contributed by atoms with Crippen LogP contribution in [0.2, 0.25) is 0 Å². The zero-order chi connectivity index (χ0) is 13.0. The summed E-state index contributed by atoms with van der Waals surface area (Å²) in [5.74, 6) is 0. The van der Waals surface area contributed by atoms with Gasteiger partial charge >= 0.3 is 0 Å². The largest absolute Gasteiger partial charge is 0.395 e. The summed E-state index contributed by atoms with van der Waals surface area (Å²) in [5.41, 5.74) is 0.705. The normalized spacial score (nSPS) is 22.2. The zero-order valence-electron chi connectivity index (χ0n) is 10.0. The van der Waals surface area contributed by atoms with Crippen molar-refractivity contribution in [2.24, 2.45) is 0 Å². The molecule has 1 atom stereocenters. The van der Waals surface area contributed by atoms with E-state index in [2.05, 4.69) is 14.7 Å². The number of hydrogen-bond acceptors (Lipinski definition) is 4. The molecule has 1 aliphatic rings. The second kappa shape index (κ2) is 5.79. The van der Waals surface area contributed by atoms with Crippen LogP contribution in [0.25, 0.3) is 0 Å². The summed E-state index contributed by atoms with van der Waals surface area (Å²) in [6, 6.07) is -0.307. The van der Waals surface area contributed by atoms with Crippen LogP contribution in [0.1, 0.15) is 25.0 Å². The van der Waals surface area contributed by atoms with Gasteiger partial charge in [0.2, 0.25) is 0 Å². The van der Waals surface area contributed by atoms with Crippen molar-refractivity contribution in [1.82, 2.24) is 19.0 Å². The van der Waals surface area contributed by atoms with Gasteiger partial charge in [-0.05, 0) is 12.8 Å². The molecule has 1 saturated heterocycles. The second-order valence-corrected chi connectivity index (χ2v) is 6.05.